The Kier molecular flexibility index (Phi) is 11.6. The van der Waals surface area contributed by atoms with Gasteiger partial charge in [-0.15, -0.1) is 0 Å². The number of aliphatic hydroxyl groups is 1. The van der Waals surface area contributed by atoms with E-state index in [0.29, 0.717) is 44.1 Å². The van der Waals surface area contributed by atoms with Crippen molar-refractivity contribution < 1.29 is 19.4 Å². The van der Waals surface area contributed by atoms with Crippen molar-refractivity contribution >= 4 is 30.6 Å². The molecule has 29 heavy (non-hydrogen) atoms. The van der Waals surface area contributed by atoms with Crippen LogP contribution in [0.3, 0.4) is 0 Å². The fraction of sp³-hybridized carbons (Fsp3) is 0.450. The Labute approximate surface area is 176 Å². The summed E-state index contributed by atoms with van der Waals surface area (Å²) in [4.78, 5) is 31.5. The Morgan fingerprint density at radius 2 is 2.00 bits per heavy atom. The smallest absolute Gasteiger partial charge is 0.274 e. The van der Waals surface area contributed by atoms with Crippen LogP contribution in [0.25, 0.3) is 0 Å². The van der Waals surface area contributed by atoms with Crippen LogP contribution in [0.15, 0.2) is 40.8 Å². The van der Waals surface area contributed by atoms with Gasteiger partial charge >= 0.3 is 0 Å². The minimum Gasteiger partial charge on any atom is -0.396 e. The number of benzene rings is 1. The average Bonchev–Trinajstić information content (AvgIpc) is 2.73. The van der Waals surface area contributed by atoms with Crippen molar-refractivity contribution in [3.63, 3.8) is 0 Å². The Morgan fingerprint density at radius 3 is 2.52 bits per heavy atom. The largest absolute Gasteiger partial charge is 0.396 e. The summed E-state index contributed by atoms with van der Waals surface area (Å²) < 4.78 is 5.57. The van der Waals surface area contributed by atoms with Gasteiger partial charge in [0.1, 0.15) is 12.4 Å². The van der Waals surface area contributed by atoms with Gasteiger partial charge in [0.2, 0.25) is 6.41 Å². The van der Waals surface area contributed by atoms with Crippen molar-refractivity contribution in [1.29, 1.82) is 0 Å². The third-order valence-electron chi connectivity index (χ3n) is 4.09. The van der Waals surface area contributed by atoms with Gasteiger partial charge in [0.25, 0.3) is 5.91 Å². The summed E-state index contributed by atoms with van der Waals surface area (Å²) in [6.45, 7) is 8.82. The van der Waals surface area contributed by atoms with E-state index >= 15 is 0 Å². The summed E-state index contributed by atoms with van der Waals surface area (Å²) in [5.41, 5.74) is 1.06. The zero-order valence-corrected chi connectivity index (χ0v) is 17.7. The highest BCUT2D eigenvalue weighted by Crippen LogP contribution is 2.19. The Hall–Kier alpha value is -2.42. The molecule has 0 heterocycles. The topological polar surface area (TPSA) is 94.5 Å². The number of nitrogens with zero attached hydrogens (tertiary/aromatic N) is 3. The van der Waals surface area contributed by atoms with Crippen LogP contribution in [0.2, 0.25) is 5.02 Å². The summed E-state index contributed by atoms with van der Waals surface area (Å²) >= 11 is 5.97. The molecule has 8 nitrogen and oxygen atoms in total. The van der Waals surface area contributed by atoms with Gasteiger partial charge in [-0.25, -0.2) is 4.99 Å². The summed E-state index contributed by atoms with van der Waals surface area (Å²) in [6, 6.07) is 7.22. The van der Waals surface area contributed by atoms with Crippen molar-refractivity contribution in [3.05, 3.63) is 46.4 Å². The van der Waals surface area contributed by atoms with E-state index in [0.717, 1.165) is 5.56 Å². The predicted octanol–water partition coefficient (Wildman–Crippen LogP) is 1.98. The summed E-state index contributed by atoms with van der Waals surface area (Å²) in [5.74, 6) is -0.299. The molecule has 0 radical (unpaired) electrons. The lowest BCUT2D eigenvalue weighted by atomic mass is 10.2. The Bertz CT molecular complexity index is 694. The van der Waals surface area contributed by atoms with Gasteiger partial charge in [-0.1, -0.05) is 23.7 Å². The molecule has 0 saturated carbocycles. The molecule has 160 valence electrons. The molecule has 0 spiro atoms. The SMILES string of the molecule is C=N/C(NC=O)=C(/C(=O)N(CC)CCCO)N(COCC)Cc1ccc(Cl)cc1. The molecule has 2 N–H and O–H groups in total. The number of aliphatic hydroxyl groups excluding tert-OH is 1. The van der Waals surface area contributed by atoms with E-state index in [9.17, 15) is 9.59 Å². The maximum absolute atomic E-state index is 13.3. The molecule has 0 saturated heterocycles. The van der Waals surface area contributed by atoms with E-state index in [1.54, 1.807) is 21.9 Å². The van der Waals surface area contributed by atoms with Gasteiger partial charge in [0.15, 0.2) is 5.82 Å². The Balaban J connectivity index is 3.37. The molecular weight excluding hydrogens is 396 g/mol. The lowest BCUT2D eigenvalue weighted by Gasteiger charge is -2.31. The third kappa shape index (κ3) is 7.84. The molecule has 0 aliphatic rings. The lowest BCUT2D eigenvalue weighted by Crippen LogP contribution is -2.41. The maximum Gasteiger partial charge on any atom is 0.274 e. The second kappa shape index (κ2) is 13.7. The van der Waals surface area contributed by atoms with Gasteiger partial charge < -0.3 is 25.0 Å². The number of nitrogens with one attached hydrogen (secondary N) is 1. The van der Waals surface area contributed by atoms with Crippen LogP contribution in [-0.4, -0.2) is 67.0 Å². The van der Waals surface area contributed by atoms with Crippen molar-refractivity contribution in [1.82, 2.24) is 15.1 Å². The molecule has 2 amide bonds. The van der Waals surface area contributed by atoms with Gasteiger partial charge in [-0.2, -0.15) is 0 Å². The first-order valence-electron chi connectivity index (χ1n) is 9.40. The number of carbonyl (C=O) groups excluding carboxylic acids is 2. The fourth-order valence-corrected chi connectivity index (χ4v) is 2.77. The highest BCUT2D eigenvalue weighted by atomic mass is 35.5. The molecule has 0 unspecified atom stereocenters. The maximum atomic E-state index is 13.3. The summed E-state index contributed by atoms with van der Waals surface area (Å²) in [5, 5.41) is 12.2. The first-order valence-corrected chi connectivity index (χ1v) is 9.78. The van der Waals surface area contributed by atoms with Crippen LogP contribution in [-0.2, 0) is 20.9 Å². The average molecular weight is 425 g/mol. The van der Waals surface area contributed by atoms with Gasteiger partial charge in [0.05, 0.1) is 0 Å². The van der Waals surface area contributed by atoms with Crippen LogP contribution in [0.1, 0.15) is 25.8 Å². The van der Waals surface area contributed by atoms with Gasteiger partial charge in [-0.05, 0) is 44.7 Å². The highest BCUT2D eigenvalue weighted by Gasteiger charge is 2.26. The fourth-order valence-electron chi connectivity index (χ4n) is 2.65. The molecule has 1 aromatic carbocycles. The van der Waals surface area contributed by atoms with E-state index in [1.165, 1.54) is 0 Å². The van der Waals surface area contributed by atoms with Crippen LogP contribution in [0, 0.1) is 0 Å². The normalized spacial score (nSPS) is 11.4. The van der Waals surface area contributed by atoms with Crippen molar-refractivity contribution in [2.24, 2.45) is 4.99 Å². The van der Waals surface area contributed by atoms with Crippen molar-refractivity contribution in [2.75, 3.05) is 33.0 Å². The first-order chi connectivity index (χ1) is 14.0. The van der Waals surface area contributed by atoms with Crippen LogP contribution in [0.4, 0.5) is 0 Å². The lowest BCUT2D eigenvalue weighted by molar-refractivity contribution is -0.130. The minimum atomic E-state index is -0.341. The second-order valence-electron chi connectivity index (χ2n) is 6.03. The predicted molar refractivity (Wildman–Crippen MR) is 113 cm³/mol. The summed E-state index contributed by atoms with van der Waals surface area (Å²) in [7, 11) is 0. The number of ether oxygens (including phenoxy) is 1. The molecule has 1 rings (SSSR count). The number of amides is 2. The zero-order valence-electron chi connectivity index (χ0n) is 16.9. The zero-order chi connectivity index (χ0) is 21.6. The van der Waals surface area contributed by atoms with E-state index in [1.807, 2.05) is 26.0 Å². The van der Waals surface area contributed by atoms with E-state index in [-0.39, 0.29) is 30.8 Å². The number of hydrogen-bond donors (Lipinski definition) is 2. The quantitative estimate of drug-likeness (QED) is 0.206. The molecule has 9 heteroatoms. The number of rotatable bonds is 14. The van der Waals surface area contributed by atoms with Crippen LogP contribution < -0.4 is 5.32 Å². The Morgan fingerprint density at radius 1 is 1.31 bits per heavy atom. The molecule has 0 aromatic heterocycles. The van der Waals surface area contributed by atoms with Gasteiger partial charge in [0, 0.05) is 37.9 Å². The molecule has 1 aromatic rings. The molecule has 0 bridgehead atoms. The van der Waals surface area contributed by atoms with E-state index < -0.39 is 0 Å². The van der Waals surface area contributed by atoms with E-state index in [4.69, 9.17) is 21.4 Å². The van der Waals surface area contributed by atoms with E-state index in [2.05, 4.69) is 17.0 Å². The molecule has 0 aliphatic heterocycles. The number of hydrogen-bond acceptors (Lipinski definition) is 6. The number of likely N-dealkylation sites (N-methyl/N-ethyl adjacent to an activating group) is 1. The van der Waals surface area contributed by atoms with Crippen molar-refractivity contribution in [3.8, 4) is 0 Å². The number of halogens is 1. The third-order valence-corrected chi connectivity index (χ3v) is 4.34. The summed E-state index contributed by atoms with van der Waals surface area (Å²) in [6.07, 6.45) is 0.885. The molecule has 0 atom stereocenters. The highest BCUT2D eigenvalue weighted by molar-refractivity contribution is 6.30. The number of carbonyl (C=O) groups is 2. The van der Waals surface area contributed by atoms with Crippen LogP contribution >= 0.6 is 11.6 Å². The monoisotopic (exact) mass is 424 g/mol. The van der Waals surface area contributed by atoms with Gasteiger partial charge in [-0.3, -0.25) is 9.59 Å². The minimum absolute atomic E-state index is 0.0323. The molecule has 0 aliphatic carbocycles. The first kappa shape index (κ1) is 24.6. The number of aliphatic imine (C=N–C) groups is 1. The standard InChI is InChI=1S/C20H29ClN4O4/c1-4-24(11-6-12-26)20(28)18(19(22-3)23-14-27)25(15-29-5-2)13-16-7-9-17(21)10-8-16/h7-10,14,26H,3-6,11-13,15H2,1-2H3,(H,23,27)/b19-18+. The van der Waals surface area contributed by atoms with Crippen LogP contribution in [0.5, 0.6) is 0 Å². The molecule has 0 fully saturated rings. The van der Waals surface area contributed by atoms with Crippen molar-refractivity contribution in [2.45, 2.75) is 26.8 Å². The second-order valence-corrected chi connectivity index (χ2v) is 6.46. The molecular formula is C20H29ClN4O4.